The lowest BCUT2D eigenvalue weighted by Gasteiger charge is -2.07. The maximum Gasteiger partial charge on any atom is 0.262 e. The summed E-state index contributed by atoms with van der Waals surface area (Å²) < 4.78 is 1.78. The molecule has 0 unspecified atom stereocenters. The molecule has 5 nitrogen and oxygen atoms in total. The van der Waals surface area contributed by atoms with Gasteiger partial charge in [0.2, 0.25) is 0 Å². The molecule has 1 aliphatic rings. The van der Waals surface area contributed by atoms with Gasteiger partial charge in [-0.2, -0.15) is 0 Å². The highest BCUT2D eigenvalue weighted by atomic mass is 35.5. The SMILES string of the molecule is Cc1sc2nc3n(c(=O)c2c1C)CC/C3=C/c1cccc(NC(=O)c2ccc(Cl)cc2)c1. The number of carbonyl (C=O) groups excluding carboxylic acids is 1. The van der Waals surface area contributed by atoms with Gasteiger partial charge in [0.15, 0.2) is 0 Å². The predicted molar refractivity (Wildman–Crippen MR) is 132 cm³/mol. The molecule has 4 aromatic rings. The lowest BCUT2D eigenvalue weighted by Crippen LogP contribution is -2.20. The first-order chi connectivity index (χ1) is 15.4. The largest absolute Gasteiger partial charge is 0.322 e. The first-order valence-electron chi connectivity index (χ1n) is 10.3. The number of aryl methyl sites for hydroxylation is 2. The Bertz CT molecular complexity index is 1470. The molecule has 0 bridgehead atoms. The first-order valence-corrected chi connectivity index (χ1v) is 11.5. The normalized spacial score (nSPS) is 14.2. The third-order valence-electron chi connectivity index (χ3n) is 5.77. The fraction of sp³-hybridized carbons (Fsp3) is 0.160. The van der Waals surface area contributed by atoms with Crippen molar-refractivity contribution in [2.45, 2.75) is 26.8 Å². The molecule has 0 spiro atoms. The van der Waals surface area contributed by atoms with E-state index >= 15 is 0 Å². The number of amides is 1. The zero-order chi connectivity index (χ0) is 22.4. The van der Waals surface area contributed by atoms with E-state index in [2.05, 4.69) is 5.32 Å². The van der Waals surface area contributed by atoms with Crippen LogP contribution in [0.25, 0.3) is 21.9 Å². The maximum absolute atomic E-state index is 13.0. The van der Waals surface area contributed by atoms with Crippen molar-refractivity contribution in [2.24, 2.45) is 0 Å². The van der Waals surface area contributed by atoms with E-state index < -0.39 is 0 Å². The van der Waals surface area contributed by atoms with Gasteiger partial charge in [-0.15, -0.1) is 11.3 Å². The molecule has 160 valence electrons. The van der Waals surface area contributed by atoms with E-state index in [9.17, 15) is 9.59 Å². The number of hydrogen-bond acceptors (Lipinski definition) is 4. The summed E-state index contributed by atoms with van der Waals surface area (Å²) in [7, 11) is 0. The van der Waals surface area contributed by atoms with Crippen molar-refractivity contribution < 1.29 is 4.79 Å². The van der Waals surface area contributed by atoms with Crippen LogP contribution in [0.3, 0.4) is 0 Å². The number of nitrogens with zero attached hydrogens (tertiary/aromatic N) is 2. The van der Waals surface area contributed by atoms with Crippen LogP contribution in [0.15, 0.2) is 53.3 Å². The van der Waals surface area contributed by atoms with Crippen LogP contribution in [0.4, 0.5) is 5.69 Å². The zero-order valence-electron chi connectivity index (χ0n) is 17.6. The van der Waals surface area contributed by atoms with Crippen LogP contribution < -0.4 is 10.9 Å². The third-order valence-corrected chi connectivity index (χ3v) is 7.13. The molecule has 0 atom stereocenters. The zero-order valence-corrected chi connectivity index (χ0v) is 19.2. The second kappa shape index (κ2) is 8.04. The number of rotatable bonds is 3. The summed E-state index contributed by atoms with van der Waals surface area (Å²) in [5, 5.41) is 4.25. The number of anilines is 1. The van der Waals surface area contributed by atoms with Crippen molar-refractivity contribution in [1.29, 1.82) is 0 Å². The average Bonchev–Trinajstić information content (AvgIpc) is 3.30. The summed E-state index contributed by atoms with van der Waals surface area (Å²) in [5.41, 5.74) is 4.27. The number of fused-ring (bicyclic) bond motifs is 2. The molecule has 0 aliphatic carbocycles. The minimum atomic E-state index is -0.197. The standard InChI is InChI=1S/C25H20ClN3O2S/c1-14-15(2)32-24-21(14)25(31)29-11-10-18(22(29)28-24)12-16-4-3-5-20(13-16)27-23(30)17-6-8-19(26)9-7-17/h3-9,12-13H,10-11H2,1-2H3,(H,27,30)/b18-12-. The Hall–Kier alpha value is -3.22. The molecule has 0 saturated carbocycles. The van der Waals surface area contributed by atoms with Gasteiger partial charge >= 0.3 is 0 Å². The fourth-order valence-electron chi connectivity index (χ4n) is 3.97. The highest BCUT2D eigenvalue weighted by molar-refractivity contribution is 7.18. The molecule has 1 aliphatic heterocycles. The number of halogens is 1. The van der Waals surface area contributed by atoms with Crippen LogP contribution in [0.2, 0.25) is 5.02 Å². The van der Waals surface area contributed by atoms with E-state index in [0.717, 1.165) is 44.0 Å². The average molecular weight is 462 g/mol. The molecular formula is C25H20ClN3O2S. The van der Waals surface area contributed by atoms with Crippen LogP contribution in [0.5, 0.6) is 0 Å². The summed E-state index contributed by atoms with van der Waals surface area (Å²) in [6.07, 6.45) is 2.79. The van der Waals surface area contributed by atoms with Gasteiger partial charge in [0, 0.05) is 27.7 Å². The number of nitrogens with one attached hydrogen (secondary N) is 1. The topological polar surface area (TPSA) is 64.0 Å². The minimum absolute atomic E-state index is 0.0410. The van der Waals surface area contributed by atoms with Crippen LogP contribution >= 0.6 is 22.9 Å². The number of thiophene rings is 1. The number of carbonyl (C=O) groups is 1. The molecule has 1 amide bonds. The van der Waals surface area contributed by atoms with Crippen LogP contribution in [0.1, 0.15) is 38.6 Å². The highest BCUT2D eigenvalue weighted by Crippen LogP contribution is 2.32. The van der Waals surface area contributed by atoms with E-state index in [4.69, 9.17) is 16.6 Å². The summed E-state index contributed by atoms with van der Waals surface area (Å²) >= 11 is 7.47. The molecule has 0 radical (unpaired) electrons. The van der Waals surface area contributed by atoms with E-state index in [-0.39, 0.29) is 11.5 Å². The molecule has 5 rings (SSSR count). The van der Waals surface area contributed by atoms with Crippen molar-refractivity contribution >= 4 is 56.4 Å². The summed E-state index contributed by atoms with van der Waals surface area (Å²) in [6, 6.07) is 14.4. The summed E-state index contributed by atoms with van der Waals surface area (Å²) in [5.74, 6) is 0.538. The Kier molecular flexibility index (Phi) is 5.19. The van der Waals surface area contributed by atoms with Gasteiger partial charge in [0.25, 0.3) is 11.5 Å². The molecule has 2 aromatic heterocycles. The molecule has 7 heteroatoms. The molecule has 2 aromatic carbocycles. The van der Waals surface area contributed by atoms with Gasteiger partial charge in [-0.1, -0.05) is 23.7 Å². The fourth-order valence-corrected chi connectivity index (χ4v) is 5.12. The molecule has 1 N–H and O–H groups in total. The Morgan fingerprint density at radius 1 is 1.19 bits per heavy atom. The minimum Gasteiger partial charge on any atom is -0.322 e. The van der Waals surface area contributed by atoms with E-state index in [0.29, 0.717) is 22.8 Å². The Balaban J connectivity index is 1.46. The summed E-state index contributed by atoms with van der Waals surface area (Å²) in [4.78, 5) is 32.3. The lowest BCUT2D eigenvalue weighted by atomic mass is 10.1. The monoisotopic (exact) mass is 461 g/mol. The van der Waals surface area contributed by atoms with Gasteiger partial charge < -0.3 is 5.32 Å². The lowest BCUT2D eigenvalue weighted by molar-refractivity contribution is 0.102. The second-order valence-corrected chi connectivity index (χ2v) is 9.50. The van der Waals surface area contributed by atoms with Crippen molar-refractivity contribution in [3.05, 3.63) is 91.3 Å². The van der Waals surface area contributed by atoms with Crippen LogP contribution in [-0.2, 0) is 6.54 Å². The number of benzene rings is 2. The number of allylic oxidation sites excluding steroid dienone is 1. The third kappa shape index (κ3) is 3.66. The quantitative estimate of drug-likeness (QED) is 0.411. The smallest absolute Gasteiger partial charge is 0.262 e. The van der Waals surface area contributed by atoms with Crippen molar-refractivity contribution in [1.82, 2.24) is 9.55 Å². The van der Waals surface area contributed by atoms with Gasteiger partial charge in [0.05, 0.1) is 5.39 Å². The van der Waals surface area contributed by atoms with Crippen LogP contribution in [-0.4, -0.2) is 15.5 Å². The molecule has 3 heterocycles. The van der Waals surface area contributed by atoms with E-state index in [1.165, 1.54) is 0 Å². The Labute approximate surface area is 194 Å². The van der Waals surface area contributed by atoms with E-state index in [1.807, 2.05) is 44.2 Å². The van der Waals surface area contributed by atoms with E-state index in [1.54, 1.807) is 40.2 Å². The molecular weight excluding hydrogens is 442 g/mol. The molecule has 32 heavy (non-hydrogen) atoms. The van der Waals surface area contributed by atoms with Crippen molar-refractivity contribution in [2.75, 3.05) is 5.32 Å². The Morgan fingerprint density at radius 3 is 2.75 bits per heavy atom. The van der Waals surface area contributed by atoms with Gasteiger partial charge in [-0.05, 0) is 79.4 Å². The maximum atomic E-state index is 13.0. The van der Waals surface area contributed by atoms with Gasteiger partial charge in [-0.3, -0.25) is 14.2 Å². The highest BCUT2D eigenvalue weighted by Gasteiger charge is 2.23. The van der Waals surface area contributed by atoms with Crippen molar-refractivity contribution in [3.8, 4) is 0 Å². The van der Waals surface area contributed by atoms with Crippen molar-refractivity contribution in [3.63, 3.8) is 0 Å². The molecule has 0 fully saturated rings. The van der Waals surface area contributed by atoms with Crippen LogP contribution in [0, 0.1) is 13.8 Å². The molecule has 0 saturated heterocycles. The van der Waals surface area contributed by atoms with Gasteiger partial charge in [0.1, 0.15) is 10.7 Å². The Morgan fingerprint density at radius 2 is 1.97 bits per heavy atom. The number of hydrogen-bond donors (Lipinski definition) is 1. The first kappa shape index (κ1) is 20.7. The summed E-state index contributed by atoms with van der Waals surface area (Å²) in [6.45, 7) is 4.64. The predicted octanol–water partition coefficient (Wildman–Crippen LogP) is 5.92. The second-order valence-electron chi connectivity index (χ2n) is 7.86. The number of aromatic nitrogens is 2. The van der Waals surface area contributed by atoms with Gasteiger partial charge in [-0.25, -0.2) is 4.98 Å².